The average molecular weight is 263 g/mol. The molecule has 0 unspecified atom stereocenters. The van der Waals surface area contributed by atoms with Gasteiger partial charge in [0.25, 0.3) is 0 Å². The largest absolute Gasteiger partial charge is 0.479 e. The maximum Gasteiger partial charge on any atom is 0.243 e. The van der Waals surface area contributed by atoms with E-state index in [2.05, 4.69) is 9.97 Å². The van der Waals surface area contributed by atoms with E-state index in [-0.39, 0.29) is 17.4 Å². The van der Waals surface area contributed by atoms with Gasteiger partial charge in [-0.1, -0.05) is 17.7 Å². The number of aromatic nitrogens is 2. The standard InChI is InChI=1S/C13H11ClN2O2/c1-8-3-4-9(10(14)7-8)12(17)11-13(18-2)16-6-5-15-11/h3-7H,1-2H3. The number of rotatable bonds is 3. The van der Waals surface area contributed by atoms with Crippen LogP contribution in [-0.2, 0) is 0 Å². The second-order valence-electron chi connectivity index (χ2n) is 3.73. The van der Waals surface area contributed by atoms with Crippen LogP contribution in [0, 0.1) is 6.92 Å². The molecule has 92 valence electrons. The number of hydrogen-bond donors (Lipinski definition) is 0. The van der Waals surface area contributed by atoms with Crippen molar-refractivity contribution in [2.75, 3.05) is 7.11 Å². The number of aryl methyl sites for hydroxylation is 1. The van der Waals surface area contributed by atoms with Crippen molar-refractivity contribution in [3.05, 3.63) is 52.4 Å². The normalized spacial score (nSPS) is 10.2. The molecule has 0 amide bonds. The van der Waals surface area contributed by atoms with E-state index in [1.807, 2.05) is 13.0 Å². The maximum atomic E-state index is 12.3. The van der Waals surface area contributed by atoms with Crippen molar-refractivity contribution in [2.45, 2.75) is 6.92 Å². The van der Waals surface area contributed by atoms with Gasteiger partial charge in [-0.05, 0) is 24.6 Å². The van der Waals surface area contributed by atoms with Crippen LogP contribution in [0.3, 0.4) is 0 Å². The lowest BCUT2D eigenvalue weighted by Crippen LogP contribution is -2.08. The predicted molar refractivity (Wildman–Crippen MR) is 68.2 cm³/mol. The number of carbonyl (C=O) groups is 1. The Morgan fingerprint density at radius 2 is 2.00 bits per heavy atom. The SMILES string of the molecule is COc1nccnc1C(=O)c1ccc(C)cc1Cl. The molecule has 0 aliphatic carbocycles. The smallest absolute Gasteiger partial charge is 0.243 e. The lowest BCUT2D eigenvalue weighted by Gasteiger charge is -2.06. The Bertz CT molecular complexity index is 599. The fraction of sp³-hybridized carbons (Fsp3) is 0.154. The topological polar surface area (TPSA) is 52.1 Å². The van der Waals surface area contributed by atoms with Gasteiger partial charge < -0.3 is 4.74 Å². The molecule has 0 atom stereocenters. The molecule has 2 aromatic rings. The average Bonchev–Trinajstić information content (AvgIpc) is 2.38. The number of benzene rings is 1. The Morgan fingerprint density at radius 1 is 1.28 bits per heavy atom. The van der Waals surface area contributed by atoms with Gasteiger partial charge in [0.05, 0.1) is 12.1 Å². The van der Waals surface area contributed by atoms with Gasteiger partial charge in [-0.25, -0.2) is 9.97 Å². The van der Waals surface area contributed by atoms with E-state index < -0.39 is 0 Å². The number of hydrogen-bond acceptors (Lipinski definition) is 4. The van der Waals surface area contributed by atoms with E-state index in [9.17, 15) is 4.79 Å². The monoisotopic (exact) mass is 262 g/mol. The zero-order valence-electron chi connectivity index (χ0n) is 9.98. The van der Waals surface area contributed by atoms with Gasteiger partial charge in [0.1, 0.15) is 0 Å². The van der Waals surface area contributed by atoms with Gasteiger partial charge in [-0.2, -0.15) is 0 Å². The van der Waals surface area contributed by atoms with E-state index in [1.165, 1.54) is 19.5 Å². The third-order valence-electron chi connectivity index (χ3n) is 2.44. The molecule has 2 rings (SSSR count). The van der Waals surface area contributed by atoms with Crippen molar-refractivity contribution in [3.63, 3.8) is 0 Å². The van der Waals surface area contributed by atoms with Crippen LogP contribution in [0.2, 0.25) is 5.02 Å². The lowest BCUT2D eigenvalue weighted by molar-refractivity contribution is 0.103. The number of ether oxygens (including phenoxy) is 1. The Balaban J connectivity index is 2.48. The Kier molecular flexibility index (Phi) is 3.58. The highest BCUT2D eigenvalue weighted by molar-refractivity contribution is 6.35. The minimum atomic E-state index is -0.301. The van der Waals surface area contributed by atoms with E-state index in [0.29, 0.717) is 10.6 Å². The molecule has 0 aliphatic heterocycles. The molecular formula is C13H11ClN2O2. The molecule has 0 radical (unpaired) electrons. The summed E-state index contributed by atoms with van der Waals surface area (Å²) in [6.45, 7) is 1.91. The molecule has 18 heavy (non-hydrogen) atoms. The molecule has 0 saturated heterocycles. The molecular weight excluding hydrogens is 252 g/mol. The highest BCUT2D eigenvalue weighted by atomic mass is 35.5. The third-order valence-corrected chi connectivity index (χ3v) is 2.76. The van der Waals surface area contributed by atoms with Crippen LogP contribution in [0.25, 0.3) is 0 Å². The molecule has 0 fully saturated rings. The number of ketones is 1. The molecule has 0 saturated carbocycles. The third kappa shape index (κ3) is 2.33. The predicted octanol–water partition coefficient (Wildman–Crippen LogP) is 2.68. The molecule has 5 heteroatoms. The minimum Gasteiger partial charge on any atom is -0.479 e. The fourth-order valence-electron chi connectivity index (χ4n) is 1.56. The first-order valence-corrected chi connectivity index (χ1v) is 5.67. The molecule has 1 heterocycles. The van der Waals surface area contributed by atoms with E-state index in [4.69, 9.17) is 16.3 Å². The summed E-state index contributed by atoms with van der Waals surface area (Å²) in [5.41, 5.74) is 1.54. The van der Waals surface area contributed by atoms with Crippen LogP contribution in [-0.4, -0.2) is 22.9 Å². The second kappa shape index (κ2) is 5.14. The number of nitrogens with zero attached hydrogens (tertiary/aromatic N) is 2. The van der Waals surface area contributed by atoms with Crippen LogP contribution in [0.1, 0.15) is 21.6 Å². The van der Waals surface area contributed by atoms with Crippen molar-refractivity contribution in [2.24, 2.45) is 0 Å². The molecule has 0 N–H and O–H groups in total. The molecule has 0 bridgehead atoms. The summed E-state index contributed by atoms with van der Waals surface area (Å²) in [5, 5.41) is 0.396. The highest BCUT2D eigenvalue weighted by Crippen LogP contribution is 2.23. The summed E-state index contributed by atoms with van der Waals surface area (Å²) >= 11 is 6.06. The number of methoxy groups -OCH3 is 1. The van der Waals surface area contributed by atoms with Crippen molar-refractivity contribution >= 4 is 17.4 Å². The summed E-state index contributed by atoms with van der Waals surface area (Å²) in [5.74, 6) is -0.107. The van der Waals surface area contributed by atoms with E-state index >= 15 is 0 Å². The highest BCUT2D eigenvalue weighted by Gasteiger charge is 2.19. The van der Waals surface area contributed by atoms with Gasteiger partial charge in [0, 0.05) is 18.0 Å². The van der Waals surface area contributed by atoms with Crippen molar-refractivity contribution in [1.29, 1.82) is 0 Å². The first-order chi connectivity index (χ1) is 8.63. The van der Waals surface area contributed by atoms with Crippen LogP contribution in [0.15, 0.2) is 30.6 Å². The van der Waals surface area contributed by atoms with Crippen molar-refractivity contribution < 1.29 is 9.53 Å². The summed E-state index contributed by atoms with van der Waals surface area (Å²) in [7, 11) is 1.44. The van der Waals surface area contributed by atoms with Crippen molar-refractivity contribution in [1.82, 2.24) is 9.97 Å². The maximum absolute atomic E-state index is 12.3. The quantitative estimate of drug-likeness (QED) is 0.798. The van der Waals surface area contributed by atoms with Gasteiger partial charge in [-0.15, -0.1) is 0 Å². The summed E-state index contributed by atoms with van der Waals surface area (Å²) in [6.07, 6.45) is 2.91. The van der Waals surface area contributed by atoms with Gasteiger partial charge in [0.15, 0.2) is 5.69 Å². The fourth-order valence-corrected chi connectivity index (χ4v) is 1.88. The van der Waals surface area contributed by atoms with Gasteiger partial charge in [0.2, 0.25) is 11.7 Å². The zero-order chi connectivity index (χ0) is 13.1. The Morgan fingerprint density at radius 3 is 2.67 bits per heavy atom. The lowest BCUT2D eigenvalue weighted by atomic mass is 10.1. The van der Waals surface area contributed by atoms with Gasteiger partial charge >= 0.3 is 0 Å². The van der Waals surface area contributed by atoms with Gasteiger partial charge in [-0.3, -0.25) is 4.79 Å². The Hall–Kier alpha value is -1.94. The van der Waals surface area contributed by atoms with Crippen LogP contribution < -0.4 is 4.74 Å². The van der Waals surface area contributed by atoms with Crippen LogP contribution in [0.4, 0.5) is 0 Å². The molecule has 4 nitrogen and oxygen atoms in total. The summed E-state index contributed by atoms with van der Waals surface area (Å²) in [4.78, 5) is 20.2. The first-order valence-electron chi connectivity index (χ1n) is 5.29. The number of carbonyl (C=O) groups excluding carboxylic acids is 1. The number of halogens is 1. The summed E-state index contributed by atoms with van der Waals surface area (Å²) in [6, 6.07) is 5.23. The van der Waals surface area contributed by atoms with Crippen molar-refractivity contribution in [3.8, 4) is 5.88 Å². The minimum absolute atomic E-state index is 0.158. The van der Waals surface area contributed by atoms with Crippen LogP contribution in [0.5, 0.6) is 5.88 Å². The summed E-state index contributed by atoms with van der Waals surface area (Å²) < 4.78 is 5.01. The van der Waals surface area contributed by atoms with Crippen LogP contribution >= 0.6 is 11.6 Å². The molecule has 1 aromatic carbocycles. The molecule has 0 aliphatic rings. The zero-order valence-corrected chi connectivity index (χ0v) is 10.7. The van der Waals surface area contributed by atoms with E-state index in [0.717, 1.165) is 5.56 Å². The second-order valence-corrected chi connectivity index (χ2v) is 4.13. The molecule has 1 aromatic heterocycles. The Labute approximate surface area is 110 Å². The molecule has 0 spiro atoms. The van der Waals surface area contributed by atoms with E-state index in [1.54, 1.807) is 12.1 Å². The first kappa shape index (κ1) is 12.5.